The number of hydrogen-bond acceptors (Lipinski definition) is 7. The second-order valence-electron chi connectivity index (χ2n) is 7.74. The highest BCUT2D eigenvalue weighted by Crippen LogP contribution is 2.35. The second kappa shape index (κ2) is 10.6. The number of carbonyl (C=O) groups is 1. The smallest absolute Gasteiger partial charge is 0.241 e. The van der Waals surface area contributed by atoms with E-state index < -0.39 is 0 Å². The molecule has 2 aromatic carbocycles. The Bertz CT molecular complexity index is 1090. The summed E-state index contributed by atoms with van der Waals surface area (Å²) < 4.78 is 22.2. The number of methoxy groups -OCH3 is 2. The van der Waals surface area contributed by atoms with Gasteiger partial charge < -0.3 is 23.8 Å². The van der Waals surface area contributed by atoms with Crippen molar-refractivity contribution in [3.05, 3.63) is 64.4 Å². The van der Waals surface area contributed by atoms with E-state index in [0.717, 1.165) is 27.6 Å². The van der Waals surface area contributed by atoms with Gasteiger partial charge in [0, 0.05) is 34.8 Å². The van der Waals surface area contributed by atoms with Gasteiger partial charge in [0.15, 0.2) is 11.5 Å². The molecule has 3 aromatic rings. The fourth-order valence-corrected chi connectivity index (χ4v) is 4.42. The van der Waals surface area contributed by atoms with Crippen LogP contribution in [0.4, 0.5) is 5.69 Å². The first-order chi connectivity index (χ1) is 16.1. The Morgan fingerprint density at radius 1 is 1.00 bits per heavy atom. The highest BCUT2D eigenvalue weighted by atomic mass is 32.1. The summed E-state index contributed by atoms with van der Waals surface area (Å²) >= 11 is 1.63. The van der Waals surface area contributed by atoms with Crippen molar-refractivity contribution in [3.63, 3.8) is 0 Å². The number of fused-ring (bicyclic) bond motifs is 1. The van der Waals surface area contributed by atoms with Crippen molar-refractivity contribution in [1.29, 1.82) is 0 Å². The molecule has 2 heterocycles. The number of carbonyl (C=O) groups excluding carboxylic acids is 1. The van der Waals surface area contributed by atoms with Crippen LogP contribution >= 0.6 is 11.3 Å². The van der Waals surface area contributed by atoms with E-state index in [4.69, 9.17) is 18.9 Å². The Kier molecular flexibility index (Phi) is 7.36. The first-order valence-electron chi connectivity index (χ1n) is 10.7. The number of thiophene rings is 1. The molecule has 1 aliphatic rings. The van der Waals surface area contributed by atoms with Crippen LogP contribution in [0.25, 0.3) is 0 Å². The van der Waals surface area contributed by atoms with Gasteiger partial charge in [-0.25, -0.2) is 0 Å². The zero-order valence-corrected chi connectivity index (χ0v) is 19.9. The first-order valence-corrected chi connectivity index (χ1v) is 11.6. The van der Waals surface area contributed by atoms with E-state index in [1.807, 2.05) is 65.9 Å². The van der Waals surface area contributed by atoms with E-state index in [1.165, 1.54) is 0 Å². The summed E-state index contributed by atoms with van der Waals surface area (Å²) in [5.41, 5.74) is 1.77. The summed E-state index contributed by atoms with van der Waals surface area (Å²) in [6.45, 7) is 2.34. The van der Waals surface area contributed by atoms with Crippen molar-refractivity contribution in [3.8, 4) is 23.0 Å². The quantitative estimate of drug-likeness (QED) is 0.469. The maximum absolute atomic E-state index is 13.5. The van der Waals surface area contributed by atoms with Crippen molar-refractivity contribution in [2.24, 2.45) is 0 Å². The lowest BCUT2D eigenvalue weighted by molar-refractivity contribution is -0.119. The minimum absolute atomic E-state index is 0.00458. The lowest BCUT2D eigenvalue weighted by Gasteiger charge is -2.27. The Morgan fingerprint density at radius 3 is 2.55 bits per heavy atom. The average molecular weight is 469 g/mol. The molecule has 0 N–H and O–H groups in total. The minimum Gasteiger partial charge on any atom is -0.497 e. The summed E-state index contributed by atoms with van der Waals surface area (Å²) in [7, 11) is 5.18. The molecule has 0 spiro atoms. The molecule has 7 nitrogen and oxygen atoms in total. The third kappa shape index (κ3) is 5.58. The maximum atomic E-state index is 13.5. The molecule has 0 radical (unpaired) electrons. The first kappa shape index (κ1) is 22.9. The van der Waals surface area contributed by atoms with Gasteiger partial charge in [0.25, 0.3) is 0 Å². The van der Waals surface area contributed by atoms with E-state index in [9.17, 15) is 4.79 Å². The summed E-state index contributed by atoms with van der Waals surface area (Å²) in [6.07, 6.45) is 0. The van der Waals surface area contributed by atoms with Gasteiger partial charge in [0.2, 0.25) is 5.91 Å². The number of likely N-dealkylation sites (N-methyl/N-ethyl adjacent to an activating group) is 1. The molecule has 0 atom stereocenters. The highest BCUT2D eigenvalue weighted by Gasteiger charge is 2.22. The second-order valence-corrected chi connectivity index (χ2v) is 8.77. The summed E-state index contributed by atoms with van der Waals surface area (Å²) in [4.78, 5) is 18.3. The molecule has 174 valence electrons. The Hall–Kier alpha value is -3.23. The monoisotopic (exact) mass is 468 g/mol. The lowest BCUT2D eigenvalue weighted by atomic mass is 10.1. The molecule has 0 bridgehead atoms. The number of hydrogen-bond donors (Lipinski definition) is 0. The number of benzene rings is 2. The number of amides is 1. The molecule has 0 unspecified atom stereocenters. The minimum atomic E-state index is -0.00458. The van der Waals surface area contributed by atoms with Crippen molar-refractivity contribution < 1.29 is 23.7 Å². The van der Waals surface area contributed by atoms with E-state index >= 15 is 0 Å². The van der Waals surface area contributed by atoms with Crippen LogP contribution in [0.1, 0.15) is 10.4 Å². The summed E-state index contributed by atoms with van der Waals surface area (Å²) in [5, 5.41) is 2.02. The van der Waals surface area contributed by atoms with Crippen molar-refractivity contribution >= 4 is 22.9 Å². The van der Waals surface area contributed by atoms with Crippen LogP contribution in [0.3, 0.4) is 0 Å². The van der Waals surface area contributed by atoms with Crippen molar-refractivity contribution in [2.45, 2.75) is 13.1 Å². The molecule has 33 heavy (non-hydrogen) atoms. The molecule has 1 aliphatic heterocycles. The number of nitrogens with zero attached hydrogens (tertiary/aromatic N) is 2. The Morgan fingerprint density at radius 2 is 1.82 bits per heavy atom. The fraction of sp³-hybridized carbons (Fsp3) is 0.320. The molecule has 4 rings (SSSR count). The number of anilines is 1. The van der Waals surface area contributed by atoms with Crippen LogP contribution in [-0.4, -0.2) is 51.8 Å². The van der Waals surface area contributed by atoms with Crippen LogP contribution in [0.5, 0.6) is 23.0 Å². The standard InChI is InChI=1S/C25H28N2O5S/c1-26(15-18-6-8-20(29-2)14-23(18)30-3)17-25(28)27(16-21-5-4-12-33-21)19-7-9-22-24(13-19)32-11-10-31-22/h4-9,12-14H,10-11,15-17H2,1-3H3. The zero-order chi connectivity index (χ0) is 23.2. The van der Waals surface area contributed by atoms with E-state index in [-0.39, 0.29) is 12.5 Å². The van der Waals surface area contributed by atoms with E-state index in [1.54, 1.807) is 30.5 Å². The lowest BCUT2D eigenvalue weighted by Crippen LogP contribution is -2.38. The predicted octanol–water partition coefficient (Wildman–Crippen LogP) is 4.20. The third-order valence-electron chi connectivity index (χ3n) is 5.37. The van der Waals surface area contributed by atoms with Gasteiger partial charge in [-0.1, -0.05) is 12.1 Å². The van der Waals surface area contributed by atoms with Gasteiger partial charge in [-0.05, 0) is 36.7 Å². The average Bonchev–Trinajstić information content (AvgIpc) is 3.35. The summed E-state index contributed by atoms with van der Waals surface area (Å²) in [6, 6.07) is 15.4. The fourth-order valence-electron chi connectivity index (χ4n) is 3.73. The topological polar surface area (TPSA) is 60.5 Å². The van der Waals surface area contributed by atoms with Crippen LogP contribution in [0.15, 0.2) is 53.9 Å². The van der Waals surface area contributed by atoms with Gasteiger partial charge in [-0.2, -0.15) is 0 Å². The van der Waals surface area contributed by atoms with Gasteiger partial charge in [0.05, 0.1) is 27.3 Å². The Labute approximate surface area is 198 Å². The third-order valence-corrected chi connectivity index (χ3v) is 6.23. The van der Waals surface area contributed by atoms with Gasteiger partial charge in [0.1, 0.15) is 24.7 Å². The van der Waals surface area contributed by atoms with Crippen LogP contribution in [0.2, 0.25) is 0 Å². The molecule has 0 fully saturated rings. The maximum Gasteiger partial charge on any atom is 0.241 e. The van der Waals surface area contributed by atoms with Crippen LogP contribution in [-0.2, 0) is 17.9 Å². The van der Waals surface area contributed by atoms with Gasteiger partial charge >= 0.3 is 0 Å². The Balaban J connectivity index is 1.52. The molecule has 8 heteroatoms. The molecule has 1 amide bonds. The zero-order valence-electron chi connectivity index (χ0n) is 19.1. The highest BCUT2D eigenvalue weighted by molar-refractivity contribution is 7.09. The SMILES string of the molecule is COc1ccc(CN(C)CC(=O)N(Cc2cccs2)c2ccc3c(c2)OCCO3)c(OC)c1. The van der Waals surface area contributed by atoms with Gasteiger partial charge in [-0.15, -0.1) is 11.3 Å². The van der Waals surface area contributed by atoms with Crippen LogP contribution in [0, 0.1) is 0 Å². The molecule has 0 saturated carbocycles. The number of rotatable bonds is 9. The van der Waals surface area contributed by atoms with Crippen molar-refractivity contribution in [2.75, 3.05) is 45.9 Å². The van der Waals surface area contributed by atoms with E-state index in [0.29, 0.717) is 37.8 Å². The normalized spacial score (nSPS) is 12.5. The predicted molar refractivity (Wildman–Crippen MR) is 129 cm³/mol. The largest absolute Gasteiger partial charge is 0.497 e. The van der Waals surface area contributed by atoms with Crippen molar-refractivity contribution in [1.82, 2.24) is 4.90 Å². The molecule has 0 saturated heterocycles. The number of ether oxygens (including phenoxy) is 4. The van der Waals surface area contributed by atoms with Gasteiger partial charge in [-0.3, -0.25) is 9.69 Å². The molecular weight excluding hydrogens is 440 g/mol. The molecular formula is C25H28N2O5S. The molecule has 0 aliphatic carbocycles. The van der Waals surface area contributed by atoms with E-state index in [2.05, 4.69) is 0 Å². The molecule has 1 aromatic heterocycles. The summed E-state index contributed by atoms with van der Waals surface area (Å²) in [5.74, 6) is 2.83. The van der Waals surface area contributed by atoms with Crippen LogP contribution < -0.4 is 23.8 Å².